The van der Waals surface area contributed by atoms with Crippen LogP contribution in [0.15, 0.2) is 24.3 Å². The molecule has 1 aromatic carbocycles. The lowest BCUT2D eigenvalue weighted by molar-refractivity contribution is -0.385. The van der Waals surface area contributed by atoms with Gasteiger partial charge in [-0.05, 0) is 17.7 Å². The van der Waals surface area contributed by atoms with E-state index in [9.17, 15) is 19.7 Å². The SMILES string of the molecule is CC(=O)SCC=Cc1ccc([N+](=O)[O-])c(C(=O)O)c1. The fraction of sp³-hybridized carbons (Fsp3) is 0.167. The number of aromatic carboxylic acids is 1. The second-order valence-corrected chi connectivity index (χ2v) is 4.74. The molecule has 1 N–H and O–H groups in total. The summed E-state index contributed by atoms with van der Waals surface area (Å²) in [6.45, 7) is 1.45. The first-order valence-electron chi connectivity index (χ1n) is 5.23. The molecule has 0 heterocycles. The van der Waals surface area contributed by atoms with Crippen LogP contribution in [-0.2, 0) is 4.79 Å². The molecule has 0 radical (unpaired) electrons. The second-order valence-electron chi connectivity index (χ2n) is 3.54. The molecule has 0 saturated heterocycles. The van der Waals surface area contributed by atoms with Crippen LogP contribution in [0.1, 0.15) is 22.8 Å². The highest BCUT2D eigenvalue weighted by molar-refractivity contribution is 8.13. The molecule has 0 bridgehead atoms. The number of nitrogens with zero attached hydrogens (tertiary/aromatic N) is 1. The Morgan fingerprint density at radius 3 is 2.68 bits per heavy atom. The predicted molar refractivity (Wildman–Crippen MR) is 72.2 cm³/mol. The maximum absolute atomic E-state index is 10.9. The molecular weight excluding hydrogens is 270 g/mol. The van der Waals surface area contributed by atoms with Gasteiger partial charge in [0.2, 0.25) is 0 Å². The number of nitro groups is 1. The summed E-state index contributed by atoms with van der Waals surface area (Å²) in [7, 11) is 0. The number of carbonyl (C=O) groups excluding carboxylic acids is 1. The van der Waals surface area contributed by atoms with E-state index in [1.165, 1.54) is 19.1 Å². The van der Waals surface area contributed by atoms with Crippen molar-refractivity contribution in [1.82, 2.24) is 0 Å². The highest BCUT2D eigenvalue weighted by atomic mass is 32.2. The lowest BCUT2D eigenvalue weighted by Crippen LogP contribution is -2.02. The molecule has 0 unspecified atom stereocenters. The first kappa shape index (κ1) is 14.9. The molecular formula is C12H11NO5S. The Balaban J connectivity index is 2.93. The second kappa shape index (κ2) is 6.69. The molecule has 1 rings (SSSR count). The summed E-state index contributed by atoms with van der Waals surface area (Å²) < 4.78 is 0. The van der Waals surface area contributed by atoms with Crippen molar-refractivity contribution in [3.05, 3.63) is 45.5 Å². The fourth-order valence-electron chi connectivity index (χ4n) is 1.34. The Morgan fingerprint density at radius 1 is 1.47 bits per heavy atom. The lowest BCUT2D eigenvalue weighted by atomic mass is 10.1. The zero-order valence-electron chi connectivity index (χ0n) is 10.0. The Hall–Kier alpha value is -2.15. The van der Waals surface area contributed by atoms with E-state index in [1.54, 1.807) is 12.2 Å². The molecule has 100 valence electrons. The molecule has 7 heteroatoms. The predicted octanol–water partition coefficient (Wildman–Crippen LogP) is 2.59. The van der Waals surface area contributed by atoms with Crippen LogP contribution < -0.4 is 0 Å². The monoisotopic (exact) mass is 281 g/mol. The first-order valence-corrected chi connectivity index (χ1v) is 6.22. The van der Waals surface area contributed by atoms with Gasteiger partial charge in [0.15, 0.2) is 5.12 Å². The third-order valence-electron chi connectivity index (χ3n) is 2.14. The van der Waals surface area contributed by atoms with E-state index in [1.807, 2.05) is 0 Å². The van der Waals surface area contributed by atoms with Gasteiger partial charge in [0, 0.05) is 18.7 Å². The molecule has 1 aromatic rings. The number of carbonyl (C=O) groups is 2. The molecule has 0 fully saturated rings. The van der Waals surface area contributed by atoms with Gasteiger partial charge in [0.05, 0.1) is 4.92 Å². The summed E-state index contributed by atoms with van der Waals surface area (Å²) in [6, 6.07) is 3.84. The van der Waals surface area contributed by atoms with Gasteiger partial charge < -0.3 is 5.11 Å². The molecule has 0 saturated carbocycles. The molecule has 19 heavy (non-hydrogen) atoms. The third kappa shape index (κ3) is 4.55. The summed E-state index contributed by atoms with van der Waals surface area (Å²) >= 11 is 1.12. The Morgan fingerprint density at radius 2 is 2.16 bits per heavy atom. The average Bonchev–Trinajstić information content (AvgIpc) is 2.33. The normalized spacial score (nSPS) is 10.6. The third-order valence-corrected chi connectivity index (χ3v) is 2.91. The van der Waals surface area contributed by atoms with E-state index in [-0.39, 0.29) is 10.7 Å². The molecule has 0 aromatic heterocycles. The van der Waals surface area contributed by atoms with Crippen molar-refractivity contribution in [2.45, 2.75) is 6.92 Å². The maximum atomic E-state index is 10.9. The van der Waals surface area contributed by atoms with Crippen LogP contribution in [0.2, 0.25) is 0 Å². The van der Waals surface area contributed by atoms with Crippen molar-refractivity contribution in [1.29, 1.82) is 0 Å². The van der Waals surface area contributed by atoms with Crippen molar-refractivity contribution in [3.63, 3.8) is 0 Å². The quantitative estimate of drug-likeness (QED) is 0.658. The molecule has 0 atom stereocenters. The zero-order valence-corrected chi connectivity index (χ0v) is 10.8. The number of carboxylic acids is 1. The first-order chi connectivity index (χ1) is 8.91. The van der Waals surface area contributed by atoms with Crippen molar-refractivity contribution < 1.29 is 19.6 Å². The van der Waals surface area contributed by atoms with Crippen LogP contribution in [0.5, 0.6) is 0 Å². The smallest absolute Gasteiger partial charge is 0.342 e. The molecule has 0 aliphatic rings. The molecule has 6 nitrogen and oxygen atoms in total. The van der Waals surface area contributed by atoms with Gasteiger partial charge in [-0.1, -0.05) is 23.9 Å². The largest absolute Gasteiger partial charge is 0.477 e. The van der Waals surface area contributed by atoms with Crippen molar-refractivity contribution >= 4 is 34.6 Å². The van der Waals surface area contributed by atoms with Gasteiger partial charge in [-0.25, -0.2) is 4.79 Å². The minimum absolute atomic E-state index is 0.0143. The minimum atomic E-state index is -1.35. The van der Waals surface area contributed by atoms with E-state index >= 15 is 0 Å². The summed E-state index contributed by atoms with van der Waals surface area (Å²) in [6.07, 6.45) is 3.31. The number of nitro benzene ring substituents is 1. The van der Waals surface area contributed by atoms with E-state index in [2.05, 4.69) is 0 Å². The van der Waals surface area contributed by atoms with E-state index in [0.29, 0.717) is 11.3 Å². The van der Waals surface area contributed by atoms with Crippen LogP contribution >= 0.6 is 11.8 Å². The van der Waals surface area contributed by atoms with E-state index in [4.69, 9.17) is 5.11 Å². The molecule has 0 spiro atoms. The number of hydrogen-bond donors (Lipinski definition) is 1. The van der Waals surface area contributed by atoms with Crippen LogP contribution in [0.3, 0.4) is 0 Å². The lowest BCUT2D eigenvalue weighted by Gasteiger charge is -1.99. The van der Waals surface area contributed by atoms with Gasteiger partial charge in [0.1, 0.15) is 5.56 Å². The minimum Gasteiger partial charge on any atom is -0.477 e. The topological polar surface area (TPSA) is 97.5 Å². The fourth-order valence-corrected chi connectivity index (χ4v) is 1.76. The number of hydrogen-bond acceptors (Lipinski definition) is 5. The molecule has 0 aliphatic carbocycles. The van der Waals surface area contributed by atoms with Crippen LogP contribution in [0.4, 0.5) is 5.69 Å². The van der Waals surface area contributed by atoms with Crippen LogP contribution in [0.25, 0.3) is 6.08 Å². The zero-order chi connectivity index (χ0) is 14.4. The van der Waals surface area contributed by atoms with E-state index < -0.39 is 16.6 Å². The van der Waals surface area contributed by atoms with Gasteiger partial charge >= 0.3 is 5.97 Å². The van der Waals surface area contributed by atoms with Gasteiger partial charge in [0.25, 0.3) is 5.69 Å². The standard InChI is InChI=1S/C12H11NO5S/c1-8(14)19-6-2-3-9-4-5-11(13(17)18)10(7-9)12(15)16/h2-5,7H,6H2,1H3,(H,15,16). The number of thioether (sulfide) groups is 1. The van der Waals surface area contributed by atoms with Crippen LogP contribution in [0, 0.1) is 10.1 Å². The summed E-state index contributed by atoms with van der Waals surface area (Å²) in [5.74, 6) is -0.880. The average molecular weight is 281 g/mol. The Kier molecular flexibility index (Phi) is 5.25. The van der Waals surface area contributed by atoms with Gasteiger partial charge in [-0.15, -0.1) is 0 Å². The van der Waals surface area contributed by atoms with Crippen molar-refractivity contribution in [2.24, 2.45) is 0 Å². The van der Waals surface area contributed by atoms with E-state index in [0.717, 1.165) is 17.8 Å². The van der Waals surface area contributed by atoms with Crippen LogP contribution in [-0.4, -0.2) is 26.9 Å². The summed E-state index contributed by atoms with van der Waals surface area (Å²) in [5.41, 5.74) is -0.263. The number of rotatable bonds is 5. The summed E-state index contributed by atoms with van der Waals surface area (Å²) in [4.78, 5) is 31.5. The Bertz CT molecular complexity index is 553. The van der Waals surface area contributed by atoms with Gasteiger partial charge in [-0.2, -0.15) is 0 Å². The highest BCUT2D eigenvalue weighted by Crippen LogP contribution is 2.20. The van der Waals surface area contributed by atoms with Gasteiger partial charge in [-0.3, -0.25) is 14.9 Å². The highest BCUT2D eigenvalue weighted by Gasteiger charge is 2.19. The number of carboxylic acid groups (broad SMARTS) is 1. The van der Waals surface area contributed by atoms with Crippen molar-refractivity contribution in [3.8, 4) is 0 Å². The van der Waals surface area contributed by atoms with Crippen molar-refractivity contribution in [2.75, 3.05) is 5.75 Å². The number of benzene rings is 1. The Labute approximate surface area is 113 Å². The maximum Gasteiger partial charge on any atom is 0.342 e. The molecule has 0 amide bonds. The summed E-state index contributed by atoms with van der Waals surface area (Å²) in [5, 5.41) is 19.5. The molecule has 0 aliphatic heterocycles.